The summed E-state index contributed by atoms with van der Waals surface area (Å²) >= 11 is 0. The van der Waals surface area contributed by atoms with Crippen molar-refractivity contribution in [2.75, 3.05) is 35.2 Å². The van der Waals surface area contributed by atoms with Crippen molar-refractivity contribution in [2.45, 2.75) is 19.8 Å². The fraction of sp³-hybridized carbons (Fsp3) is 0.533. The van der Waals surface area contributed by atoms with Crippen molar-refractivity contribution in [2.24, 2.45) is 0 Å². The quantitative estimate of drug-likeness (QED) is 0.849. The number of aromatic hydroxyl groups is 1. The molecule has 0 saturated heterocycles. The Morgan fingerprint density at radius 1 is 1.24 bits per heavy atom. The fourth-order valence-electron chi connectivity index (χ4n) is 1.60. The normalized spacial score (nSPS) is 10.3. The van der Waals surface area contributed by atoms with Gasteiger partial charge in [0.1, 0.15) is 17.5 Å². The van der Waals surface area contributed by atoms with E-state index in [1.807, 2.05) is 12.1 Å². The maximum absolute atomic E-state index is 9.51. The average molecular weight is 319 g/mol. The highest BCUT2D eigenvalue weighted by Gasteiger charge is 2.19. The molecule has 0 saturated carbocycles. The third-order valence-electron chi connectivity index (χ3n) is 2.72. The molecule has 1 amide bonds. The van der Waals surface area contributed by atoms with Crippen LogP contribution in [0.1, 0.15) is 25.3 Å². The summed E-state index contributed by atoms with van der Waals surface area (Å²) in [5, 5.41) is 19.0. The Kier molecular flexibility index (Phi) is 9.09. The molecular formula is C15H27ClN2O3. The molecule has 0 fully saturated rings. The molecule has 0 bridgehead atoms. The number of amides is 1. The highest BCUT2D eigenvalue weighted by Crippen LogP contribution is 2.32. The van der Waals surface area contributed by atoms with Crippen LogP contribution in [0.15, 0.2) is 18.2 Å². The number of phenols is 1. The lowest BCUT2D eigenvalue weighted by Crippen LogP contribution is -2.35. The number of hydrogen-bond acceptors (Lipinski definition) is 3. The lowest BCUT2D eigenvalue weighted by molar-refractivity contribution is -0.262. The first-order chi connectivity index (χ1) is 8.96. The first-order valence-corrected chi connectivity index (χ1v) is 6.50. The van der Waals surface area contributed by atoms with Crippen molar-refractivity contribution in [3.8, 4) is 5.75 Å². The minimum absolute atomic E-state index is 0. The van der Waals surface area contributed by atoms with Gasteiger partial charge in [0, 0.05) is 25.7 Å². The molecule has 0 atom stereocenters. The summed E-state index contributed by atoms with van der Waals surface area (Å²) in [4.78, 5) is 10.5. The van der Waals surface area contributed by atoms with E-state index in [1.54, 1.807) is 6.07 Å². The van der Waals surface area contributed by atoms with Gasteiger partial charge >= 0.3 is 0 Å². The lowest BCUT2D eigenvalue weighted by atomic mass is 9.99. The summed E-state index contributed by atoms with van der Waals surface area (Å²) in [6.45, 7) is 4.34. The number of quaternary nitrogens is 1. The minimum atomic E-state index is -1.16. The summed E-state index contributed by atoms with van der Waals surface area (Å²) in [5.74, 6) is 0.834. The molecule has 0 aliphatic rings. The standard InChI is InChI=1S/C12H19NO.C3H7NO2.ClH/c1-9(2)11-7-6-10(14)8-12(11)13(3,4)5;1-4(2)3(5)6;/h6-9H,1-5H3;1-2H3,(H,5,6);1H. The molecule has 21 heavy (non-hydrogen) atoms. The predicted molar refractivity (Wildman–Crippen MR) is 88.1 cm³/mol. The van der Waals surface area contributed by atoms with Crippen molar-refractivity contribution in [1.82, 2.24) is 9.38 Å². The molecule has 0 aliphatic carbocycles. The van der Waals surface area contributed by atoms with E-state index < -0.39 is 6.09 Å². The van der Waals surface area contributed by atoms with E-state index in [0.717, 1.165) is 9.38 Å². The zero-order chi connectivity index (χ0) is 16.1. The summed E-state index contributed by atoms with van der Waals surface area (Å²) in [6, 6.07) is 5.63. The zero-order valence-electron chi connectivity index (χ0n) is 13.9. The number of carbonyl (C=O) groups is 1. The predicted octanol–water partition coefficient (Wildman–Crippen LogP) is 2.03. The number of hydrogen-bond donors (Lipinski definition) is 1. The molecule has 1 N–H and O–H groups in total. The average Bonchev–Trinajstić information content (AvgIpc) is 2.27. The van der Waals surface area contributed by atoms with Crippen LogP contribution in [0.3, 0.4) is 0 Å². The van der Waals surface area contributed by atoms with Crippen LogP contribution >= 0.6 is 12.4 Å². The van der Waals surface area contributed by atoms with Crippen molar-refractivity contribution >= 4 is 24.2 Å². The van der Waals surface area contributed by atoms with Gasteiger partial charge in [-0.2, -0.15) is 0 Å². The molecule has 0 spiro atoms. The molecule has 1 rings (SSSR count). The van der Waals surface area contributed by atoms with Gasteiger partial charge in [-0.05, 0) is 18.1 Å². The molecule has 0 unspecified atom stereocenters. The first-order valence-electron chi connectivity index (χ1n) is 6.50. The zero-order valence-corrected chi connectivity index (χ0v) is 14.7. The Morgan fingerprint density at radius 3 is 1.95 bits per heavy atom. The van der Waals surface area contributed by atoms with Crippen molar-refractivity contribution in [3.63, 3.8) is 0 Å². The van der Waals surface area contributed by atoms with Gasteiger partial charge in [-0.3, -0.25) is 4.48 Å². The molecule has 1 aromatic carbocycles. The second-order valence-corrected chi connectivity index (χ2v) is 6.07. The van der Waals surface area contributed by atoms with Crippen LogP contribution < -0.4 is 9.59 Å². The van der Waals surface area contributed by atoms with E-state index in [0.29, 0.717) is 11.7 Å². The highest BCUT2D eigenvalue weighted by atomic mass is 35.5. The fourth-order valence-corrected chi connectivity index (χ4v) is 1.60. The number of nitrogens with zero attached hydrogens (tertiary/aromatic N) is 2. The van der Waals surface area contributed by atoms with Gasteiger partial charge in [0.25, 0.3) is 0 Å². The maximum Gasteiger partial charge on any atom is 0.139 e. The van der Waals surface area contributed by atoms with Crippen molar-refractivity contribution in [1.29, 1.82) is 0 Å². The Balaban J connectivity index is 0. The van der Waals surface area contributed by atoms with E-state index in [1.165, 1.54) is 25.3 Å². The van der Waals surface area contributed by atoms with Gasteiger partial charge in [0.05, 0.1) is 21.1 Å². The minimum Gasteiger partial charge on any atom is -0.530 e. The van der Waals surface area contributed by atoms with E-state index in [4.69, 9.17) is 0 Å². The summed E-state index contributed by atoms with van der Waals surface area (Å²) < 4.78 is 0.738. The SMILES string of the molecule is CC(C)c1ccc(O)cc1[N+](C)(C)C.CN(C)C(=O)[O-].Cl. The molecule has 0 aromatic heterocycles. The third kappa shape index (κ3) is 7.78. The van der Waals surface area contributed by atoms with Gasteiger partial charge in [0.15, 0.2) is 0 Å². The van der Waals surface area contributed by atoms with Crippen LogP contribution in [0, 0.1) is 0 Å². The smallest absolute Gasteiger partial charge is 0.139 e. The van der Waals surface area contributed by atoms with Crippen LogP contribution in [0.4, 0.5) is 10.5 Å². The maximum atomic E-state index is 9.51. The second-order valence-electron chi connectivity index (χ2n) is 6.07. The molecule has 0 aliphatic heterocycles. The van der Waals surface area contributed by atoms with Crippen LogP contribution in [-0.2, 0) is 0 Å². The first kappa shape index (κ1) is 21.8. The number of benzene rings is 1. The number of carbonyl (C=O) groups excluding carboxylic acids is 1. The lowest BCUT2D eigenvalue weighted by Gasteiger charge is -2.27. The van der Waals surface area contributed by atoms with Gasteiger partial charge in [0.2, 0.25) is 0 Å². The van der Waals surface area contributed by atoms with Crippen LogP contribution in [0.5, 0.6) is 5.75 Å². The van der Waals surface area contributed by atoms with E-state index in [2.05, 4.69) is 35.0 Å². The largest absolute Gasteiger partial charge is 0.530 e. The highest BCUT2D eigenvalue weighted by molar-refractivity contribution is 5.85. The summed E-state index contributed by atoms with van der Waals surface area (Å²) in [7, 11) is 9.16. The Bertz CT molecular complexity index is 455. The van der Waals surface area contributed by atoms with E-state index >= 15 is 0 Å². The van der Waals surface area contributed by atoms with Gasteiger partial charge < -0.3 is 19.9 Å². The Labute approximate surface area is 133 Å². The van der Waals surface area contributed by atoms with Crippen molar-refractivity contribution < 1.29 is 15.0 Å². The molecule has 6 heteroatoms. The molecule has 0 radical (unpaired) electrons. The molecular weight excluding hydrogens is 292 g/mol. The van der Waals surface area contributed by atoms with E-state index in [-0.39, 0.29) is 12.4 Å². The van der Waals surface area contributed by atoms with E-state index in [9.17, 15) is 15.0 Å². The number of carboxylic acid groups (broad SMARTS) is 1. The number of phenolic OH excluding ortho intramolecular Hbond substituents is 1. The molecule has 1 aromatic rings. The van der Waals surface area contributed by atoms with Crippen LogP contribution in [-0.4, -0.2) is 51.3 Å². The topological polar surface area (TPSA) is 63.6 Å². The third-order valence-corrected chi connectivity index (χ3v) is 2.72. The summed E-state index contributed by atoms with van der Waals surface area (Å²) in [5.41, 5.74) is 2.48. The van der Waals surface area contributed by atoms with Crippen LogP contribution in [0.2, 0.25) is 0 Å². The number of rotatable bonds is 2. The second kappa shape index (κ2) is 8.74. The monoisotopic (exact) mass is 318 g/mol. The molecule has 5 nitrogen and oxygen atoms in total. The Hall–Kier alpha value is -1.46. The van der Waals surface area contributed by atoms with Gasteiger partial charge in [-0.15, -0.1) is 12.4 Å². The van der Waals surface area contributed by atoms with Crippen molar-refractivity contribution in [3.05, 3.63) is 23.8 Å². The Morgan fingerprint density at radius 2 is 1.67 bits per heavy atom. The molecule has 122 valence electrons. The number of halogens is 1. The summed E-state index contributed by atoms with van der Waals surface area (Å²) in [6.07, 6.45) is -1.16. The molecule has 0 heterocycles. The van der Waals surface area contributed by atoms with Crippen LogP contribution in [0.25, 0.3) is 0 Å². The van der Waals surface area contributed by atoms with Gasteiger partial charge in [-0.25, -0.2) is 0 Å². The van der Waals surface area contributed by atoms with Gasteiger partial charge in [-0.1, -0.05) is 13.8 Å².